The summed E-state index contributed by atoms with van der Waals surface area (Å²) in [5.41, 5.74) is 3.58. The SMILES string of the molecule is Cc1ccc(C)c(NC(=O)c2cc(C)[nH]c(=O)c2)c1. The number of aromatic nitrogens is 1. The van der Waals surface area contributed by atoms with Crippen molar-refractivity contribution in [1.82, 2.24) is 4.98 Å². The minimum atomic E-state index is -0.275. The molecule has 19 heavy (non-hydrogen) atoms. The lowest BCUT2D eigenvalue weighted by molar-refractivity contribution is 0.102. The molecule has 1 aromatic carbocycles. The Morgan fingerprint density at radius 1 is 1.11 bits per heavy atom. The summed E-state index contributed by atoms with van der Waals surface area (Å²) in [7, 11) is 0. The Bertz CT molecular complexity index is 687. The fourth-order valence-corrected chi connectivity index (χ4v) is 1.88. The van der Waals surface area contributed by atoms with Crippen LogP contribution >= 0.6 is 0 Å². The van der Waals surface area contributed by atoms with E-state index < -0.39 is 0 Å². The van der Waals surface area contributed by atoms with E-state index in [0.717, 1.165) is 16.8 Å². The van der Waals surface area contributed by atoms with Crippen molar-refractivity contribution < 1.29 is 4.79 Å². The van der Waals surface area contributed by atoms with Crippen molar-refractivity contribution in [2.24, 2.45) is 0 Å². The average molecular weight is 256 g/mol. The number of pyridine rings is 1. The van der Waals surface area contributed by atoms with Gasteiger partial charge in [-0.25, -0.2) is 0 Å². The van der Waals surface area contributed by atoms with E-state index in [1.807, 2.05) is 32.0 Å². The normalized spacial score (nSPS) is 10.3. The monoisotopic (exact) mass is 256 g/mol. The maximum Gasteiger partial charge on any atom is 0.255 e. The van der Waals surface area contributed by atoms with E-state index in [-0.39, 0.29) is 11.5 Å². The van der Waals surface area contributed by atoms with Crippen molar-refractivity contribution in [2.45, 2.75) is 20.8 Å². The molecule has 1 amide bonds. The van der Waals surface area contributed by atoms with Crippen LogP contribution in [0.4, 0.5) is 5.69 Å². The molecule has 0 saturated carbocycles. The van der Waals surface area contributed by atoms with E-state index in [4.69, 9.17) is 0 Å². The zero-order chi connectivity index (χ0) is 14.0. The van der Waals surface area contributed by atoms with Crippen LogP contribution in [0.25, 0.3) is 0 Å². The number of H-pyrrole nitrogens is 1. The quantitative estimate of drug-likeness (QED) is 0.867. The highest BCUT2D eigenvalue weighted by Crippen LogP contribution is 2.17. The molecular formula is C15H16N2O2. The van der Waals surface area contributed by atoms with Gasteiger partial charge in [0, 0.05) is 23.0 Å². The molecule has 1 heterocycles. The minimum Gasteiger partial charge on any atom is -0.326 e. The summed E-state index contributed by atoms with van der Waals surface area (Å²) in [6.45, 7) is 5.64. The number of aromatic amines is 1. The Labute approximate surface area is 111 Å². The van der Waals surface area contributed by atoms with Crippen LogP contribution in [-0.4, -0.2) is 10.9 Å². The van der Waals surface area contributed by atoms with E-state index in [1.165, 1.54) is 6.07 Å². The van der Waals surface area contributed by atoms with Crippen molar-refractivity contribution >= 4 is 11.6 Å². The van der Waals surface area contributed by atoms with Gasteiger partial charge in [0.15, 0.2) is 0 Å². The van der Waals surface area contributed by atoms with Gasteiger partial charge in [-0.1, -0.05) is 12.1 Å². The van der Waals surface area contributed by atoms with Crippen molar-refractivity contribution in [3.63, 3.8) is 0 Å². The third-order valence-corrected chi connectivity index (χ3v) is 2.88. The highest BCUT2D eigenvalue weighted by Gasteiger charge is 2.09. The maximum absolute atomic E-state index is 12.1. The molecule has 2 aromatic rings. The second kappa shape index (κ2) is 5.10. The Balaban J connectivity index is 2.30. The number of anilines is 1. The van der Waals surface area contributed by atoms with Gasteiger partial charge in [-0.2, -0.15) is 0 Å². The van der Waals surface area contributed by atoms with Crippen LogP contribution in [0.5, 0.6) is 0 Å². The number of hydrogen-bond acceptors (Lipinski definition) is 2. The predicted octanol–water partition coefficient (Wildman–Crippen LogP) is 2.55. The molecule has 0 spiro atoms. The molecule has 0 aliphatic heterocycles. The second-order valence-electron chi connectivity index (χ2n) is 4.69. The van der Waals surface area contributed by atoms with Crippen LogP contribution in [0, 0.1) is 20.8 Å². The minimum absolute atomic E-state index is 0.272. The number of rotatable bonds is 2. The van der Waals surface area contributed by atoms with Gasteiger partial charge in [-0.05, 0) is 44.0 Å². The van der Waals surface area contributed by atoms with Crippen molar-refractivity contribution in [3.05, 3.63) is 63.1 Å². The Morgan fingerprint density at radius 3 is 2.53 bits per heavy atom. The summed E-state index contributed by atoms with van der Waals surface area (Å²) in [4.78, 5) is 26.1. The molecule has 4 nitrogen and oxygen atoms in total. The van der Waals surface area contributed by atoms with Crippen LogP contribution in [0.2, 0.25) is 0 Å². The molecular weight excluding hydrogens is 240 g/mol. The van der Waals surface area contributed by atoms with Crippen molar-refractivity contribution in [1.29, 1.82) is 0 Å². The van der Waals surface area contributed by atoms with Crippen LogP contribution < -0.4 is 10.9 Å². The third kappa shape index (κ3) is 3.10. The predicted molar refractivity (Wildman–Crippen MR) is 75.7 cm³/mol. The lowest BCUT2D eigenvalue weighted by Gasteiger charge is -2.09. The number of carbonyl (C=O) groups is 1. The Morgan fingerprint density at radius 2 is 1.84 bits per heavy atom. The topological polar surface area (TPSA) is 62.0 Å². The molecule has 2 rings (SSSR count). The summed E-state index contributed by atoms with van der Waals surface area (Å²) < 4.78 is 0. The van der Waals surface area contributed by atoms with E-state index >= 15 is 0 Å². The molecule has 98 valence electrons. The van der Waals surface area contributed by atoms with Gasteiger partial charge in [-0.3, -0.25) is 9.59 Å². The molecule has 0 aliphatic carbocycles. The van der Waals surface area contributed by atoms with Gasteiger partial charge in [0.1, 0.15) is 0 Å². The highest BCUT2D eigenvalue weighted by molar-refractivity contribution is 6.04. The van der Waals surface area contributed by atoms with Gasteiger partial charge >= 0.3 is 0 Å². The summed E-state index contributed by atoms with van der Waals surface area (Å²) in [6.07, 6.45) is 0. The zero-order valence-corrected chi connectivity index (χ0v) is 11.2. The first kappa shape index (κ1) is 13.1. The first-order valence-corrected chi connectivity index (χ1v) is 6.05. The van der Waals surface area contributed by atoms with Gasteiger partial charge in [0.2, 0.25) is 5.56 Å². The third-order valence-electron chi connectivity index (χ3n) is 2.88. The zero-order valence-electron chi connectivity index (χ0n) is 11.2. The average Bonchev–Trinajstić information content (AvgIpc) is 2.32. The number of aryl methyl sites for hydroxylation is 3. The van der Waals surface area contributed by atoms with Crippen LogP contribution in [-0.2, 0) is 0 Å². The fourth-order valence-electron chi connectivity index (χ4n) is 1.88. The number of benzene rings is 1. The highest BCUT2D eigenvalue weighted by atomic mass is 16.2. The molecule has 1 aromatic heterocycles. The number of amides is 1. The number of carbonyl (C=O) groups excluding carboxylic acids is 1. The van der Waals surface area contributed by atoms with Crippen LogP contribution in [0.3, 0.4) is 0 Å². The Hall–Kier alpha value is -2.36. The lowest BCUT2D eigenvalue weighted by atomic mass is 10.1. The van der Waals surface area contributed by atoms with Crippen LogP contribution in [0.15, 0.2) is 35.1 Å². The molecule has 0 saturated heterocycles. The van der Waals surface area contributed by atoms with Crippen molar-refractivity contribution in [3.8, 4) is 0 Å². The van der Waals surface area contributed by atoms with Gasteiger partial charge in [0.05, 0.1) is 0 Å². The van der Waals surface area contributed by atoms with Gasteiger partial charge in [-0.15, -0.1) is 0 Å². The van der Waals surface area contributed by atoms with E-state index in [0.29, 0.717) is 11.3 Å². The van der Waals surface area contributed by atoms with Gasteiger partial charge in [0.25, 0.3) is 5.91 Å². The maximum atomic E-state index is 12.1. The Kier molecular flexibility index (Phi) is 3.51. The standard InChI is InChI=1S/C15H16N2O2/c1-9-4-5-10(2)13(6-9)17-15(19)12-7-11(3)16-14(18)8-12/h4-8H,1-3H3,(H,16,18)(H,17,19). The lowest BCUT2D eigenvalue weighted by Crippen LogP contribution is -2.17. The summed E-state index contributed by atoms with van der Waals surface area (Å²) >= 11 is 0. The van der Waals surface area contributed by atoms with E-state index in [9.17, 15) is 9.59 Å². The summed E-state index contributed by atoms with van der Waals surface area (Å²) in [5.74, 6) is -0.275. The first-order chi connectivity index (χ1) is 8.95. The molecule has 0 atom stereocenters. The van der Waals surface area contributed by atoms with Crippen molar-refractivity contribution in [2.75, 3.05) is 5.32 Å². The molecule has 0 radical (unpaired) electrons. The summed E-state index contributed by atoms with van der Waals surface area (Å²) in [6, 6.07) is 8.80. The molecule has 4 heteroatoms. The van der Waals surface area contributed by atoms with Gasteiger partial charge < -0.3 is 10.3 Å². The smallest absolute Gasteiger partial charge is 0.255 e. The van der Waals surface area contributed by atoms with E-state index in [1.54, 1.807) is 13.0 Å². The molecule has 0 bridgehead atoms. The largest absolute Gasteiger partial charge is 0.326 e. The second-order valence-corrected chi connectivity index (χ2v) is 4.69. The number of nitrogens with one attached hydrogen (secondary N) is 2. The molecule has 2 N–H and O–H groups in total. The fraction of sp³-hybridized carbons (Fsp3) is 0.200. The summed E-state index contributed by atoms with van der Waals surface area (Å²) in [5, 5.41) is 2.83. The molecule has 0 unspecified atom stereocenters. The number of hydrogen-bond donors (Lipinski definition) is 2. The van der Waals surface area contributed by atoms with E-state index in [2.05, 4.69) is 10.3 Å². The molecule has 0 fully saturated rings. The first-order valence-electron chi connectivity index (χ1n) is 6.05. The van der Waals surface area contributed by atoms with Crippen LogP contribution in [0.1, 0.15) is 27.2 Å². The molecule has 0 aliphatic rings.